The van der Waals surface area contributed by atoms with Crippen molar-refractivity contribution in [3.05, 3.63) is 226 Å². The lowest BCUT2D eigenvalue weighted by Gasteiger charge is -2.16. The van der Waals surface area contributed by atoms with Gasteiger partial charge in [-0.25, -0.2) is 22.8 Å². The molecule has 444 valence electrons. The Hall–Kier alpha value is -11.5. The summed E-state index contributed by atoms with van der Waals surface area (Å²) in [5.74, 6) is -1.04. The fourth-order valence-electron chi connectivity index (χ4n) is 8.66. The molecule has 1 aromatic heterocycles. The Balaban J connectivity index is 1.02. The summed E-state index contributed by atoms with van der Waals surface area (Å²) in [7, 11) is -4.21. The summed E-state index contributed by atoms with van der Waals surface area (Å²) in [6.07, 6.45) is 3.03. The predicted molar refractivity (Wildman–Crippen MR) is 337 cm³/mol. The van der Waals surface area contributed by atoms with Crippen molar-refractivity contribution in [2.45, 2.75) is 11.4 Å². The summed E-state index contributed by atoms with van der Waals surface area (Å²) in [5.41, 5.74) is 4.04. The number of para-hydroxylation sites is 3. The Labute approximate surface area is 506 Å². The number of nitrogens with zero attached hydrogens (tertiary/aromatic N) is 3. The molecule has 1 atom stereocenters. The van der Waals surface area contributed by atoms with Gasteiger partial charge in [0, 0.05) is 87.2 Å². The van der Waals surface area contributed by atoms with E-state index in [4.69, 9.17) is 47.6 Å². The van der Waals surface area contributed by atoms with E-state index >= 15 is 0 Å². The number of rotatable bonds is 28. The first-order chi connectivity index (χ1) is 42.8. The number of hydrogen-bond donors (Lipinski definition) is 6. The Morgan fingerprint density at radius 1 is 0.466 bits per heavy atom. The predicted octanol–water partition coefficient (Wildman–Crippen LogP) is 12.2. The lowest BCUT2D eigenvalue weighted by molar-refractivity contribution is -0.145. The van der Waals surface area contributed by atoms with Crippen molar-refractivity contribution in [3.8, 4) is 23.0 Å². The lowest BCUT2D eigenvalue weighted by atomic mass is 10.0. The highest BCUT2D eigenvalue weighted by Crippen LogP contribution is 2.37. The van der Waals surface area contributed by atoms with Crippen molar-refractivity contribution in [2.24, 2.45) is 0 Å². The molecule has 9 aromatic carbocycles. The number of hydrogen-bond acceptors (Lipinski definition) is 20. The van der Waals surface area contributed by atoms with Gasteiger partial charge in [-0.15, -0.1) is 0 Å². The Morgan fingerprint density at radius 2 is 0.886 bits per heavy atom. The summed E-state index contributed by atoms with van der Waals surface area (Å²) in [6.45, 7) is 9.35. The van der Waals surface area contributed by atoms with Crippen LogP contribution in [0.5, 0.6) is 23.0 Å². The largest absolute Gasteiger partial charge is 0.457 e. The number of fused-ring (bicyclic) bond motifs is 3. The molecule has 1 unspecified atom stereocenters. The SMILES string of the molecule is C=CC(=O)OCOc1cc(CNc2ccccc2)cc2cc(Nc3nc(Nc4ccc5c(OCOC(=O)C=C)cc(OS(=O)Nc6ccccc6)cc5c4)nc(Nc4ccc5c(OCOC(=O)C=C)cc(S(=O)(=O)Nc6ccccc6)cc5c4)n3)ccc12. The molecule has 0 bridgehead atoms. The smallest absolute Gasteiger partial charge is 0.333 e. The topological polar surface area (TPSA) is 278 Å². The average molecular weight is 1220 g/mol. The van der Waals surface area contributed by atoms with Crippen molar-refractivity contribution in [2.75, 3.05) is 51.1 Å². The second-order valence-corrected chi connectivity index (χ2v) is 21.2. The first-order valence-corrected chi connectivity index (χ1v) is 29.2. The highest BCUT2D eigenvalue weighted by molar-refractivity contribution is 7.92. The maximum Gasteiger partial charge on any atom is 0.333 e. The zero-order valence-corrected chi connectivity index (χ0v) is 48.1. The van der Waals surface area contributed by atoms with Gasteiger partial charge in [-0.2, -0.15) is 19.2 Å². The van der Waals surface area contributed by atoms with Crippen LogP contribution in [0.25, 0.3) is 32.3 Å². The minimum Gasteiger partial charge on any atom is -0.457 e. The van der Waals surface area contributed by atoms with Crippen LogP contribution >= 0.6 is 0 Å². The van der Waals surface area contributed by atoms with Crippen LogP contribution in [-0.4, -0.2) is 65.9 Å². The van der Waals surface area contributed by atoms with E-state index in [0.29, 0.717) is 67.7 Å². The van der Waals surface area contributed by atoms with E-state index in [1.165, 1.54) is 18.2 Å². The van der Waals surface area contributed by atoms with E-state index in [9.17, 15) is 27.0 Å². The normalized spacial score (nSPS) is 11.3. The molecule has 24 heteroatoms. The molecular weight excluding hydrogens is 1170 g/mol. The fraction of sp³-hybridized carbons (Fsp3) is 0.0625. The molecule has 10 aromatic rings. The summed E-state index contributed by atoms with van der Waals surface area (Å²) >= 11 is -2.06. The molecular formula is C64H53N9O13S2. The number of benzene rings is 9. The Bertz CT molecular complexity index is 4400. The number of anilines is 9. The molecule has 0 spiro atoms. The highest BCUT2D eigenvalue weighted by Gasteiger charge is 2.20. The molecule has 0 fully saturated rings. The zero-order valence-electron chi connectivity index (χ0n) is 46.5. The van der Waals surface area contributed by atoms with Crippen LogP contribution in [0.4, 0.5) is 52.0 Å². The van der Waals surface area contributed by atoms with Gasteiger partial charge in [-0.3, -0.25) is 9.44 Å². The van der Waals surface area contributed by atoms with Crippen LogP contribution in [0.15, 0.2) is 225 Å². The first kappa shape index (κ1) is 59.7. The monoisotopic (exact) mass is 1220 g/mol. The van der Waals surface area contributed by atoms with Crippen molar-refractivity contribution < 1.29 is 59.6 Å². The summed E-state index contributed by atoms with van der Waals surface area (Å²) in [5, 5.41) is 16.7. The standard InChI is InChI=1S/C64H53N9O13S2/c1-4-59(74)83-38-80-56-29-41(37-65-45-16-10-7-11-17-45)28-42-30-48(22-25-53(42)56)66-62-69-63(67-49-23-26-54-43(31-49)33-51(35-57(54)81-39-84-60(75)5-2)86-87(77)72-46-18-12-8-13-19-46)71-64(70-62)68-50-24-27-55-44(32-50)34-52(36-58(55)82-40-85-61(76)6-3)88(78,79)73-47-20-14-9-15-21-47/h4-36,65,72-73H,1-3,37-40H2,(H3,66,67,68,69,70,71). The van der Waals surface area contributed by atoms with E-state index < -0.39 is 52.8 Å². The third kappa shape index (κ3) is 15.8. The van der Waals surface area contributed by atoms with E-state index in [2.05, 4.69) is 50.4 Å². The van der Waals surface area contributed by atoms with Crippen LogP contribution in [-0.2, 0) is 56.4 Å². The van der Waals surface area contributed by atoms with Crippen LogP contribution in [0.3, 0.4) is 0 Å². The van der Waals surface area contributed by atoms with Gasteiger partial charge in [-0.05, 0) is 137 Å². The van der Waals surface area contributed by atoms with Gasteiger partial charge in [0.15, 0.2) is 0 Å². The van der Waals surface area contributed by atoms with Gasteiger partial charge in [0.05, 0.1) is 4.90 Å². The average Bonchev–Trinajstić information content (AvgIpc) is 1.15. The number of aromatic nitrogens is 3. The maximum absolute atomic E-state index is 13.9. The molecule has 1 heterocycles. The number of esters is 3. The molecule has 0 saturated carbocycles. The minimum atomic E-state index is -4.21. The number of carbonyl (C=O) groups excluding carboxylic acids is 3. The van der Waals surface area contributed by atoms with E-state index in [0.717, 1.165) is 34.9 Å². The molecule has 0 amide bonds. The lowest BCUT2D eigenvalue weighted by Crippen LogP contribution is -2.14. The Kier molecular flexibility index (Phi) is 18.9. The van der Waals surface area contributed by atoms with E-state index in [1.54, 1.807) is 103 Å². The van der Waals surface area contributed by atoms with Crippen molar-refractivity contribution in [1.82, 2.24) is 15.0 Å². The van der Waals surface area contributed by atoms with E-state index in [1.807, 2.05) is 60.7 Å². The molecule has 0 aliphatic rings. The van der Waals surface area contributed by atoms with Crippen molar-refractivity contribution in [1.29, 1.82) is 0 Å². The summed E-state index contributed by atoms with van der Waals surface area (Å²) in [6, 6.07) is 52.4. The number of ether oxygens (including phenoxy) is 6. The van der Waals surface area contributed by atoms with Crippen LogP contribution in [0.2, 0.25) is 0 Å². The molecule has 0 aliphatic heterocycles. The van der Waals surface area contributed by atoms with Gasteiger partial charge in [-0.1, -0.05) is 74.3 Å². The van der Waals surface area contributed by atoms with Crippen molar-refractivity contribution >= 4 is 123 Å². The van der Waals surface area contributed by atoms with Gasteiger partial charge in [0.2, 0.25) is 38.2 Å². The van der Waals surface area contributed by atoms with Gasteiger partial charge < -0.3 is 53.9 Å². The molecule has 0 aliphatic carbocycles. The first-order valence-electron chi connectivity index (χ1n) is 26.6. The second kappa shape index (κ2) is 27.9. The third-order valence-corrected chi connectivity index (χ3v) is 14.8. The summed E-state index contributed by atoms with van der Waals surface area (Å²) in [4.78, 5) is 50.0. The molecule has 22 nitrogen and oxygen atoms in total. The molecule has 88 heavy (non-hydrogen) atoms. The van der Waals surface area contributed by atoms with E-state index in [-0.39, 0.29) is 46.8 Å². The second-order valence-electron chi connectivity index (χ2n) is 18.7. The molecule has 6 N–H and O–H groups in total. The number of nitrogens with one attached hydrogen (secondary N) is 6. The van der Waals surface area contributed by atoms with Gasteiger partial charge in [0.25, 0.3) is 10.0 Å². The molecule has 0 radical (unpaired) electrons. The highest BCUT2D eigenvalue weighted by atomic mass is 32.2. The van der Waals surface area contributed by atoms with Crippen molar-refractivity contribution in [3.63, 3.8) is 0 Å². The number of sulfonamides is 1. The maximum atomic E-state index is 13.9. The minimum absolute atomic E-state index is 0.0242. The van der Waals surface area contributed by atoms with Crippen LogP contribution in [0.1, 0.15) is 5.56 Å². The fourth-order valence-corrected chi connectivity index (χ4v) is 10.4. The van der Waals surface area contributed by atoms with Crippen LogP contribution in [0, 0.1) is 0 Å². The van der Waals surface area contributed by atoms with Crippen LogP contribution < -0.4 is 49.1 Å². The number of carbonyl (C=O) groups is 3. The quantitative estimate of drug-likeness (QED) is 0.0115. The third-order valence-electron chi connectivity index (χ3n) is 12.7. The summed E-state index contributed by atoms with van der Waals surface area (Å²) < 4.78 is 85.4. The van der Waals surface area contributed by atoms with Gasteiger partial charge in [0.1, 0.15) is 23.0 Å². The Morgan fingerprint density at radius 3 is 1.36 bits per heavy atom. The van der Waals surface area contributed by atoms with Gasteiger partial charge >= 0.3 is 29.2 Å². The molecule has 10 rings (SSSR count). The molecule has 0 saturated heterocycles. The zero-order chi connectivity index (χ0) is 61.4.